The highest BCUT2D eigenvalue weighted by Gasteiger charge is 2.29. The van der Waals surface area contributed by atoms with Crippen LogP contribution < -0.4 is 4.74 Å². The molecule has 0 fully saturated rings. The van der Waals surface area contributed by atoms with E-state index in [0.717, 1.165) is 17.7 Å². The molecule has 0 bridgehead atoms. The van der Waals surface area contributed by atoms with Crippen molar-refractivity contribution in [2.75, 3.05) is 0 Å². The van der Waals surface area contributed by atoms with Crippen LogP contribution in [0.25, 0.3) is 0 Å². The molecule has 0 atom stereocenters. The van der Waals surface area contributed by atoms with Gasteiger partial charge in [-0.15, -0.1) is 0 Å². The number of aliphatic hydroxyl groups excluding tert-OH is 1. The molecular formula is C11H14O2. The van der Waals surface area contributed by atoms with Crippen LogP contribution in [0, 0.1) is 0 Å². The lowest BCUT2D eigenvalue weighted by molar-refractivity contribution is 0.138. The summed E-state index contributed by atoms with van der Waals surface area (Å²) in [6.07, 6.45) is 0.927. The molecule has 1 aliphatic rings. The first-order valence-electron chi connectivity index (χ1n) is 4.52. The third kappa shape index (κ3) is 1.54. The minimum absolute atomic E-state index is 0.0869. The fourth-order valence-corrected chi connectivity index (χ4v) is 1.76. The van der Waals surface area contributed by atoms with E-state index in [1.165, 1.54) is 5.56 Å². The minimum Gasteiger partial charge on any atom is -0.487 e. The van der Waals surface area contributed by atoms with Crippen molar-refractivity contribution in [2.45, 2.75) is 32.5 Å². The smallest absolute Gasteiger partial charge is 0.123 e. The third-order valence-electron chi connectivity index (χ3n) is 2.31. The van der Waals surface area contributed by atoms with Crippen LogP contribution in [0.1, 0.15) is 25.0 Å². The van der Waals surface area contributed by atoms with Crippen LogP contribution in [0.5, 0.6) is 5.75 Å². The minimum atomic E-state index is -0.0869. The molecule has 1 aromatic carbocycles. The Morgan fingerprint density at radius 3 is 2.92 bits per heavy atom. The van der Waals surface area contributed by atoms with Crippen LogP contribution in [0.15, 0.2) is 18.2 Å². The van der Waals surface area contributed by atoms with Crippen LogP contribution in [0.2, 0.25) is 0 Å². The summed E-state index contributed by atoms with van der Waals surface area (Å²) in [5.74, 6) is 0.960. The van der Waals surface area contributed by atoms with Gasteiger partial charge in [0.05, 0.1) is 6.61 Å². The lowest BCUT2D eigenvalue weighted by Gasteiger charge is -2.16. The molecule has 2 heteroatoms. The topological polar surface area (TPSA) is 29.5 Å². The maximum atomic E-state index is 8.96. The standard InChI is InChI=1S/C11H14O2/c1-11(2)6-9-5-8(7-12)3-4-10(9)13-11/h3-5,12H,6-7H2,1-2H3. The molecule has 0 radical (unpaired) electrons. The molecule has 0 saturated heterocycles. The first kappa shape index (κ1) is 8.57. The summed E-state index contributed by atoms with van der Waals surface area (Å²) in [6.45, 7) is 4.25. The predicted octanol–water partition coefficient (Wildman–Crippen LogP) is 1.89. The number of hydrogen-bond acceptors (Lipinski definition) is 2. The van der Waals surface area contributed by atoms with Gasteiger partial charge in [-0.25, -0.2) is 0 Å². The Labute approximate surface area is 78.2 Å². The number of benzene rings is 1. The lowest BCUT2D eigenvalue weighted by atomic mass is 10.0. The number of aliphatic hydroxyl groups is 1. The second kappa shape index (κ2) is 2.74. The van der Waals surface area contributed by atoms with Gasteiger partial charge < -0.3 is 9.84 Å². The molecule has 70 valence electrons. The Bertz CT molecular complexity index is 329. The number of fused-ring (bicyclic) bond motifs is 1. The van der Waals surface area contributed by atoms with Crippen LogP contribution in [-0.4, -0.2) is 10.7 Å². The Morgan fingerprint density at radius 2 is 2.23 bits per heavy atom. The van der Waals surface area contributed by atoms with E-state index >= 15 is 0 Å². The third-order valence-corrected chi connectivity index (χ3v) is 2.31. The molecule has 2 nitrogen and oxygen atoms in total. The van der Waals surface area contributed by atoms with E-state index in [9.17, 15) is 0 Å². The van der Waals surface area contributed by atoms with Gasteiger partial charge >= 0.3 is 0 Å². The molecule has 2 rings (SSSR count). The van der Waals surface area contributed by atoms with E-state index in [4.69, 9.17) is 9.84 Å². The van der Waals surface area contributed by atoms with Gasteiger partial charge in [0.1, 0.15) is 11.4 Å². The molecule has 1 heterocycles. The Balaban J connectivity index is 2.36. The molecule has 1 aliphatic heterocycles. The fraction of sp³-hybridized carbons (Fsp3) is 0.455. The molecule has 0 saturated carbocycles. The Hall–Kier alpha value is -1.02. The quantitative estimate of drug-likeness (QED) is 0.711. The second-order valence-corrected chi connectivity index (χ2v) is 4.14. The average Bonchev–Trinajstić information content (AvgIpc) is 2.36. The van der Waals surface area contributed by atoms with Gasteiger partial charge in [0, 0.05) is 6.42 Å². The van der Waals surface area contributed by atoms with E-state index in [2.05, 4.69) is 13.8 Å². The van der Waals surface area contributed by atoms with Crippen LogP contribution >= 0.6 is 0 Å². The first-order valence-corrected chi connectivity index (χ1v) is 4.52. The van der Waals surface area contributed by atoms with Crippen molar-refractivity contribution in [3.63, 3.8) is 0 Å². The summed E-state index contributed by atoms with van der Waals surface area (Å²) in [5, 5.41) is 8.96. The van der Waals surface area contributed by atoms with E-state index in [-0.39, 0.29) is 12.2 Å². The van der Waals surface area contributed by atoms with Crippen molar-refractivity contribution in [3.8, 4) is 5.75 Å². The monoisotopic (exact) mass is 178 g/mol. The van der Waals surface area contributed by atoms with Gasteiger partial charge in [0.25, 0.3) is 0 Å². The van der Waals surface area contributed by atoms with Gasteiger partial charge in [-0.2, -0.15) is 0 Å². The highest BCUT2D eigenvalue weighted by Crippen LogP contribution is 2.35. The number of rotatable bonds is 1. The van der Waals surface area contributed by atoms with Gasteiger partial charge in [-0.3, -0.25) is 0 Å². The summed E-state index contributed by atoms with van der Waals surface area (Å²) in [4.78, 5) is 0. The van der Waals surface area contributed by atoms with E-state index in [1.807, 2.05) is 18.2 Å². The van der Waals surface area contributed by atoms with E-state index in [1.54, 1.807) is 0 Å². The van der Waals surface area contributed by atoms with E-state index in [0.29, 0.717) is 0 Å². The Morgan fingerprint density at radius 1 is 1.46 bits per heavy atom. The molecule has 0 aromatic heterocycles. The Kier molecular flexibility index (Phi) is 1.81. The first-order chi connectivity index (χ1) is 6.11. The van der Waals surface area contributed by atoms with Gasteiger partial charge in [-0.1, -0.05) is 6.07 Å². The van der Waals surface area contributed by atoms with Crippen LogP contribution in [-0.2, 0) is 13.0 Å². The van der Waals surface area contributed by atoms with Crippen molar-refractivity contribution < 1.29 is 9.84 Å². The highest BCUT2D eigenvalue weighted by molar-refractivity contribution is 5.41. The zero-order chi connectivity index (χ0) is 9.47. The zero-order valence-electron chi connectivity index (χ0n) is 8.00. The summed E-state index contributed by atoms with van der Waals surface area (Å²) >= 11 is 0. The van der Waals surface area contributed by atoms with Crippen molar-refractivity contribution in [1.29, 1.82) is 0 Å². The maximum absolute atomic E-state index is 8.96. The predicted molar refractivity (Wildman–Crippen MR) is 50.8 cm³/mol. The van der Waals surface area contributed by atoms with Gasteiger partial charge in [-0.05, 0) is 37.1 Å². The molecule has 0 unspecified atom stereocenters. The summed E-state index contributed by atoms with van der Waals surface area (Å²) in [5.41, 5.74) is 2.08. The van der Waals surface area contributed by atoms with Gasteiger partial charge in [0.15, 0.2) is 0 Å². The maximum Gasteiger partial charge on any atom is 0.123 e. The molecule has 0 amide bonds. The normalized spacial score (nSPS) is 18.1. The molecule has 1 N–H and O–H groups in total. The van der Waals surface area contributed by atoms with Crippen LogP contribution in [0.3, 0.4) is 0 Å². The fourth-order valence-electron chi connectivity index (χ4n) is 1.76. The van der Waals surface area contributed by atoms with Crippen molar-refractivity contribution in [1.82, 2.24) is 0 Å². The zero-order valence-corrected chi connectivity index (χ0v) is 8.00. The highest BCUT2D eigenvalue weighted by atomic mass is 16.5. The summed E-state index contributed by atoms with van der Waals surface area (Å²) in [7, 11) is 0. The van der Waals surface area contributed by atoms with Gasteiger partial charge in [0.2, 0.25) is 0 Å². The SMILES string of the molecule is CC1(C)Cc2cc(CO)ccc2O1. The molecule has 1 aromatic rings. The van der Waals surface area contributed by atoms with Crippen molar-refractivity contribution in [3.05, 3.63) is 29.3 Å². The van der Waals surface area contributed by atoms with Crippen molar-refractivity contribution >= 4 is 0 Å². The number of ether oxygens (including phenoxy) is 1. The van der Waals surface area contributed by atoms with Crippen molar-refractivity contribution in [2.24, 2.45) is 0 Å². The average molecular weight is 178 g/mol. The molecule has 13 heavy (non-hydrogen) atoms. The summed E-state index contributed by atoms with van der Waals surface area (Å²) in [6, 6.07) is 5.86. The number of hydrogen-bond donors (Lipinski definition) is 1. The summed E-state index contributed by atoms with van der Waals surface area (Å²) < 4.78 is 5.71. The molecule has 0 spiro atoms. The lowest BCUT2D eigenvalue weighted by Crippen LogP contribution is -2.24. The second-order valence-electron chi connectivity index (χ2n) is 4.14. The molecule has 0 aliphatic carbocycles. The largest absolute Gasteiger partial charge is 0.487 e. The van der Waals surface area contributed by atoms with Crippen LogP contribution in [0.4, 0.5) is 0 Å². The molecular weight excluding hydrogens is 164 g/mol. The van der Waals surface area contributed by atoms with E-state index < -0.39 is 0 Å².